The van der Waals surface area contributed by atoms with Crippen molar-refractivity contribution in [3.8, 4) is 22.3 Å². The number of rotatable bonds is 8. The lowest BCUT2D eigenvalue weighted by molar-refractivity contribution is 1.02. The minimum absolute atomic E-state index is 0.599. The van der Waals surface area contributed by atoms with E-state index in [9.17, 15) is 0 Å². The fourth-order valence-corrected chi connectivity index (χ4v) is 5.48. The maximum absolute atomic E-state index is 5.64. The Labute approximate surface area is 225 Å². The molecular weight excluding hydrogens is 482 g/mol. The molecule has 0 aliphatic carbocycles. The summed E-state index contributed by atoms with van der Waals surface area (Å²) in [6, 6.07) is 30.7. The van der Waals surface area contributed by atoms with Crippen LogP contribution in [0.5, 0.6) is 0 Å². The molecule has 3 aromatic heterocycles. The van der Waals surface area contributed by atoms with Crippen molar-refractivity contribution in [1.82, 2.24) is 15.0 Å². The lowest BCUT2D eigenvalue weighted by Gasteiger charge is -2.04. The van der Waals surface area contributed by atoms with Gasteiger partial charge in [-0.15, -0.1) is 0 Å². The SMILES string of the molecule is NCCNc1cc2cc(-c3ccc4[nH]c5ccc(-c6ccc7[nH]c(NCCN)cc7c6)cc5c4c3)ccc2[nH]1. The molecule has 0 aliphatic rings. The lowest BCUT2D eigenvalue weighted by atomic mass is 9.99. The fourth-order valence-electron chi connectivity index (χ4n) is 5.48. The topological polar surface area (TPSA) is 123 Å². The maximum Gasteiger partial charge on any atom is 0.104 e. The van der Waals surface area contributed by atoms with Crippen LogP contribution in [-0.4, -0.2) is 41.1 Å². The highest BCUT2D eigenvalue weighted by Crippen LogP contribution is 2.35. The van der Waals surface area contributed by atoms with Crippen molar-refractivity contribution in [2.75, 3.05) is 36.8 Å². The second-order valence-corrected chi connectivity index (χ2v) is 10.0. The molecule has 0 unspecified atom stereocenters. The van der Waals surface area contributed by atoms with Gasteiger partial charge >= 0.3 is 0 Å². The van der Waals surface area contributed by atoms with Gasteiger partial charge in [0.15, 0.2) is 0 Å². The zero-order valence-corrected chi connectivity index (χ0v) is 21.6. The van der Waals surface area contributed by atoms with Crippen molar-refractivity contribution >= 4 is 55.2 Å². The molecule has 4 aromatic carbocycles. The van der Waals surface area contributed by atoms with Gasteiger partial charge in [-0.3, -0.25) is 0 Å². The van der Waals surface area contributed by atoms with Crippen LogP contribution >= 0.6 is 0 Å². The van der Waals surface area contributed by atoms with Crippen LogP contribution in [0.4, 0.5) is 11.6 Å². The van der Waals surface area contributed by atoms with Gasteiger partial charge in [-0.1, -0.05) is 24.3 Å². The summed E-state index contributed by atoms with van der Waals surface area (Å²) >= 11 is 0. The van der Waals surface area contributed by atoms with E-state index >= 15 is 0 Å². The van der Waals surface area contributed by atoms with E-state index in [1.807, 2.05) is 0 Å². The Morgan fingerprint density at radius 3 is 1.31 bits per heavy atom. The Bertz CT molecular complexity index is 1820. The first-order chi connectivity index (χ1) is 19.2. The summed E-state index contributed by atoms with van der Waals surface area (Å²) in [6.45, 7) is 2.68. The average Bonchev–Trinajstić information content (AvgIpc) is 3.67. The summed E-state index contributed by atoms with van der Waals surface area (Å²) in [4.78, 5) is 10.4. The fraction of sp³-hybridized carbons (Fsp3) is 0.125. The van der Waals surface area contributed by atoms with Gasteiger partial charge in [-0.25, -0.2) is 0 Å². The van der Waals surface area contributed by atoms with E-state index in [1.165, 1.54) is 43.8 Å². The van der Waals surface area contributed by atoms with E-state index in [2.05, 4.69) is 111 Å². The Morgan fingerprint density at radius 1 is 0.462 bits per heavy atom. The normalized spacial score (nSPS) is 11.7. The number of anilines is 2. The van der Waals surface area contributed by atoms with Gasteiger partial charge in [0.25, 0.3) is 0 Å². The minimum Gasteiger partial charge on any atom is -0.370 e. The Balaban J connectivity index is 1.26. The summed E-state index contributed by atoms with van der Waals surface area (Å²) in [5.41, 5.74) is 20.5. The molecule has 194 valence electrons. The van der Waals surface area contributed by atoms with Gasteiger partial charge in [0.05, 0.1) is 0 Å². The lowest BCUT2D eigenvalue weighted by Crippen LogP contribution is -2.13. The number of aromatic nitrogens is 3. The monoisotopic (exact) mass is 513 g/mol. The number of benzene rings is 4. The highest BCUT2D eigenvalue weighted by molar-refractivity contribution is 6.10. The van der Waals surface area contributed by atoms with Crippen LogP contribution in [0.15, 0.2) is 84.9 Å². The Hall–Kier alpha value is -4.72. The molecule has 7 heteroatoms. The van der Waals surface area contributed by atoms with Crippen LogP contribution in [0.25, 0.3) is 65.9 Å². The molecule has 0 bridgehead atoms. The van der Waals surface area contributed by atoms with Crippen molar-refractivity contribution in [3.63, 3.8) is 0 Å². The molecule has 7 aromatic rings. The zero-order valence-electron chi connectivity index (χ0n) is 21.6. The summed E-state index contributed by atoms with van der Waals surface area (Å²) in [7, 11) is 0. The number of fused-ring (bicyclic) bond motifs is 5. The molecule has 39 heavy (non-hydrogen) atoms. The third-order valence-electron chi connectivity index (χ3n) is 7.43. The van der Waals surface area contributed by atoms with Crippen LogP contribution in [0.3, 0.4) is 0 Å². The van der Waals surface area contributed by atoms with E-state index < -0.39 is 0 Å². The molecule has 3 heterocycles. The third-order valence-corrected chi connectivity index (χ3v) is 7.43. The number of nitrogens with two attached hydrogens (primary N) is 2. The minimum atomic E-state index is 0.599. The Morgan fingerprint density at radius 2 is 0.872 bits per heavy atom. The van der Waals surface area contributed by atoms with Gasteiger partial charge in [0.1, 0.15) is 11.6 Å². The summed E-state index contributed by atoms with van der Waals surface area (Å²) < 4.78 is 0. The van der Waals surface area contributed by atoms with Crippen molar-refractivity contribution in [1.29, 1.82) is 0 Å². The van der Waals surface area contributed by atoms with Crippen LogP contribution < -0.4 is 22.1 Å². The maximum atomic E-state index is 5.64. The van der Waals surface area contributed by atoms with Gasteiger partial charge in [-0.05, 0) is 82.9 Å². The van der Waals surface area contributed by atoms with Crippen LogP contribution in [0.2, 0.25) is 0 Å². The first-order valence-electron chi connectivity index (χ1n) is 13.4. The van der Waals surface area contributed by atoms with Gasteiger partial charge in [0.2, 0.25) is 0 Å². The second-order valence-electron chi connectivity index (χ2n) is 10.0. The molecule has 7 rings (SSSR count). The predicted octanol–water partition coefficient (Wildman–Crippen LogP) is 6.36. The average molecular weight is 514 g/mol. The van der Waals surface area contributed by atoms with Crippen molar-refractivity contribution in [2.45, 2.75) is 0 Å². The molecule has 0 atom stereocenters. The van der Waals surface area contributed by atoms with E-state index in [0.717, 1.165) is 46.8 Å². The van der Waals surface area contributed by atoms with Gasteiger partial charge in [-0.2, -0.15) is 0 Å². The van der Waals surface area contributed by atoms with E-state index in [0.29, 0.717) is 13.1 Å². The number of H-pyrrole nitrogens is 3. The smallest absolute Gasteiger partial charge is 0.104 e. The first kappa shape index (κ1) is 23.4. The van der Waals surface area contributed by atoms with Crippen molar-refractivity contribution in [2.24, 2.45) is 11.5 Å². The molecule has 0 saturated carbocycles. The van der Waals surface area contributed by atoms with Gasteiger partial charge < -0.3 is 37.1 Å². The molecule has 7 nitrogen and oxygen atoms in total. The van der Waals surface area contributed by atoms with Gasteiger partial charge in [0, 0.05) is 69.8 Å². The quantitative estimate of drug-likeness (QED) is 0.128. The molecular formula is C32H31N7. The largest absolute Gasteiger partial charge is 0.370 e. The highest BCUT2D eigenvalue weighted by Gasteiger charge is 2.10. The molecule has 0 amide bonds. The molecule has 0 saturated heterocycles. The summed E-state index contributed by atoms with van der Waals surface area (Å²) in [6.07, 6.45) is 0. The molecule has 0 aliphatic heterocycles. The molecule has 0 radical (unpaired) electrons. The number of nitrogens with one attached hydrogen (secondary N) is 5. The third kappa shape index (κ3) is 4.27. The first-order valence-corrected chi connectivity index (χ1v) is 13.4. The molecule has 9 N–H and O–H groups in total. The highest BCUT2D eigenvalue weighted by atomic mass is 15.0. The number of aromatic amines is 3. The Kier molecular flexibility index (Phi) is 5.73. The summed E-state index contributed by atoms with van der Waals surface area (Å²) in [5, 5.41) is 11.5. The zero-order chi connectivity index (χ0) is 26.3. The molecule has 0 spiro atoms. The van der Waals surface area contributed by atoms with Crippen LogP contribution in [-0.2, 0) is 0 Å². The second kappa shape index (κ2) is 9.54. The van der Waals surface area contributed by atoms with E-state index in [1.54, 1.807) is 0 Å². The van der Waals surface area contributed by atoms with Crippen molar-refractivity contribution in [3.05, 3.63) is 84.9 Å². The van der Waals surface area contributed by atoms with E-state index in [-0.39, 0.29) is 0 Å². The number of hydrogen-bond acceptors (Lipinski definition) is 4. The molecule has 0 fully saturated rings. The predicted molar refractivity (Wildman–Crippen MR) is 165 cm³/mol. The number of hydrogen-bond donors (Lipinski definition) is 7. The summed E-state index contributed by atoms with van der Waals surface area (Å²) in [5.74, 6) is 1.99. The standard InChI is InChI=1S/C32H31N7/c33-9-11-35-31-17-23-13-19(1-5-27(23)38-31)21-3-7-29-25(15-21)26-16-22(4-8-30(26)37-29)20-2-6-28-24(14-20)18-32(39-28)36-12-10-34/h1-8,13-18,35-39H,9-12,33-34H2. The van der Waals surface area contributed by atoms with Crippen LogP contribution in [0.1, 0.15) is 0 Å². The van der Waals surface area contributed by atoms with Crippen molar-refractivity contribution < 1.29 is 0 Å². The van der Waals surface area contributed by atoms with E-state index in [4.69, 9.17) is 11.5 Å². The van der Waals surface area contributed by atoms with Crippen LogP contribution in [0, 0.1) is 0 Å².